The predicted octanol–water partition coefficient (Wildman–Crippen LogP) is 15.1. The summed E-state index contributed by atoms with van der Waals surface area (Å²) in [4.78, 5) is 15.3. The van der Waals surface area contributed by atoms with Gasteiger partial charge in [0, 0.05) is 59.4 Å². The number of nitrogens with zero attached hydrogens (tertiary/aromatic N) is 5. The molecule has 0 fully saturated rings. The monoisotopic (exact) mass is 821 g/mol. The number of hydrogen-bond acceptors (Lipinski definition) is 4. The second-order valence-corrected chi connectivity index (χ2v) is 17.0. The van der Waals surface area contributed by atoms with E-state index in [1.165, 1.54) is 64.7 Å². The fraction of sp³-hybridized carbons (Fsp3) is 0. The van der Waals surface area contributed by atoms with E-state index in [1.807, 2.05) is 47.7 Å². The molecular weight excluding hydrogens is 787 g/mol. The third-order valence-corrected chi connectivity index (χ3v) is 13.6. The first-order chi connectivity index (χ1) is 31.3. The van der Waals surface area contributed by atoms with Crippen LogP contribution in [0.3, 0.4) is 0 Å². The van der Waals surface area contributed by atoms with Gasteiger partial charge < -0.3 is 9.13 Å². The second kappa shape index (κ2) is 14.2. The third-order valence-electron chi connectivity index (χ3n) is 12.4. The van der Waals surface area contributed by atoms with Gasteiger partial charge in [-0.3, -0.25) is 0 Å². The molecule has 6 heteroatoms. The maximum atomic E-state index is 5.17. The molecule has 0 atom stereocenters. The molecule has 0 radical (unpaired) electrons. The molecule has 294 valence electrons. The summed E-state index contributed by atoms with van der Waals surface area (Å²) in [5, 5.41) is 7.26. The summed E-state index contributed by atoms with van der Waals surface area (Å²) < 4.78 is 7.34. The zero-order valence-electron chi connectivity index (χ0n) is 33.9. The zero-order valence-corrected chi connectivity index (χ0v) is 34.7. The van der Waals surface area contributed by atoms with Crippen LogP contribution >= 0.6 is 11.3 Å². The van der Waals surface area contributed by atoms with Crippen molar-refractivity contribution < 1.29 is 0 Å². The molecule has 63 heavy (non-hydrogen) atoms. The van der Waals surface area contributed by atoms with Gasteiger partial charge in [-0.15, -0.1) is 11.3 Å². The van der Waals surface area contributed by atoms with Gasteiger partial charge in [-0.1, -0.05) is 176 Å². The number of thiophene rings is 1. The Morgan fingerprint density at radius 1 is 0.317 bits per heavy atom. The van der Waals surface area contributed by atoms with E-state index in [-0.39, 0.29) is 0 Å². The van der Waals surface area contributed by atoms with Crippen molar-refractivity contribution in [3.05, 3.63) is 212 Å². The van der Waals surface area contributed by atoms with Crippen LogP contribution in [0.25, 0.3) is 120 Å². The van der Waals surface area contributed by atoms with E-state index in [2.05, 4.69) is 185 Å². The number of hydrogen-bond donors (Lipinski definition) is 0. The topological polar surface area (TPSA) is 48.5 Å². The Morgan fingerprint density at radius 2 is 0.841 bits per heavy atom. The van der Waals surface area contributed by atoms with Gasteiger partial charge in [0.25, 0.3) is 0 Å². The molecule has 5 nitrogen and oxygen atoms in total. The van der Waals surface area contributed by atoms with Crippen molar-refractivity contribution in [2.24, 2.45) is 0 Å². The van der Waals surface area contributed by atoms with Crippen molar-refractivity contribution in [3.8, 4) is 56.7 Å². The van der Waals surface area contributed by atoms with E-state index in [4.69, 9.17) is 15.0 Å². The standard InChI is InChI=1S/C57H35N5S/c1-5-17-36(18-6-1)39-31-32-42-41-25-13-14-29-48(41)62(50(42)35-39)49-30-16-26-43-44-33-34-46-45-27-15-28-47(53(45)63-54(46)52(44)61(51(43)49)40-23-11-4-12-24-40)57-59-55(37-19-7-2-8-20-37)58-56(60-57)38-21-9-3-10-22-38/h1-35H. The maximum absolute atomic E-state index is 5.17. The molecule has 4 heterocycles. The van der Waals surface area contributed by atoms with Gasteiger partial charge in [0.1, 0.15) is 0 Å². The third kappa shape index (κ3) is 5.59. The summed E-state index contributed by atoms with van der Waals surface area (Å²) >= 11 is 1.82. The summed E-state index contributed by atoms with van der Waals surface area (Å²) in [6, 6.07) is 75.6. The molecule has 4 aromatic heterocycles. The quantitative estimate of drug-likeness (QED) is 0.168. The molecular formula is C57H35N5S. The molecule has 0 aliphatic carbocycles. The maximum Gasteiger partial charge on any atom is 0.165 e. The average molecular weight is 822 g/mol. The Kier molecular flexibility index (Phi) is 8.01. The Labute approximate surface area is 366 Å². The number of aromatic nitrogens is 5. The van der Waals surface area contributed by atoms with E-state index in [1.54, 1.807) is 0 Å². The highest BCUT2D eigenvalue weighted by atomic mass is 32.1. The highest BCUT2D eigenvalue weighted by Gasteiger charge is 2.24. The lowest BCUT2D eigenvalue weighted by Crippen LogP contribution is -2.00. The fourth-order valence-corrected chi connectivity index (χ4v) is 10.9. The van der Waals surface area contributed by atoms with Gasteiger partial charge in [-0.2, -0.15) is 0 Å². The molecule has 0 unspecified atom stereocenters. The predicted molar refractivity (Wildman–Crippen MR) is 263 cm³/mol. The van der Waals surface area contributed by atoms with E-state index in [0.29, 0.717) is 17.5 Å². The van der Waals surface area contributed by atoms with Crippen LogP contribution in [-0.4, -0.2) is 24.1 Å². The minimum atomic E-state index is 0.651. The minimum Gasteiger partial charge on any atom is -0.307 e. The molecule has 13 aromatic rings. The van der Waals surface area contributed by atoms with Gasteiger partial charge in [-0.25, -0.2) is 15.0 Å². The van der Waals surface area contributed by atoms with Crippen molar-refractivity contribution in [1.82, 2.24) is 24.1 Å². The molecule has 0 bridgehead atoms. The van der Waals surface area contributed by atoms with Crippen LogP contribution in [0, 0.1) is 0 Å². The molecule has 0 saturated carbocycles. The number of fused-ring (bicyclic) bond motifs is 10. The van der Waals surface area contributed by atoms with Crippen LogP contribution in [0.1, 0.15) is 0 Å². The van der Waals surface area contributed by atoms with Crippen molar-refractivity contribution in [2.45, 2.75) is 0 Å². The molecule has 0 spiro atoms. The average Bonchev–Trinajstić information content (AvgIpc) is 4.03. The minimum absolute atomic E-state index is 0.651. The van der Waals surface area contributed by atoms with Gasteiger partial charge in [-0.05, 0) is 47.5 Å². The first kappa shape index (κ1) is 35.6. The highest BCUT2D eigenvalue weighted by molar-refractivity contribution is 7.27. The van der Waals surface area contributed by atoms with Gasteiger partial charge >= 0.3 is 0 Å². The summed E-state index contributed by atoms with van der Waals surface area (Å²) in [5.41, 5.74) is 12.2. The van der Waals surface area contributed by atoms with E-state index in [0.717, 1.165) is 38.3 Å². The van der Waals surface area contributed by atoms with Crippen molar-refractivity contribution >= 4 is 75.1 Å². The van der Waals surface area contributed by atoms with Crippen molar-refractivity contribution in [3.63, 3.8) is 0 Å². The molecule has 0 aliphatic rings. The number of para-hydroxylation sites is 3. The smallest absolute Gasteiger partial charge is 0.165 e. The molecule has 0 N–H and O–H groups in total. The van der Waals surface area contributed by atoms with Crippen LogP contribution in [0.5, 0.6) is 0 Å². The Morgan fingerprint density at radius 3 is 1.57 bits per heavy atom. The molecule has 0 aliphatic heterocycles. The molecule has 0 saturated heterocycles. The number of rotatable bonds is 6. The van der Waals surface area contributed by atoms with E-state index in [9.17, 15) is 0 Å². The van der Waals surface area contributed by atoms with Crippen molar-refractivity contribution in [1.29, 1.82) is 0 Å². The Bertz CT molecular complexity index is 3830. The lowest BCUT2D eigenvalue weighted by atomic mass is 10.0. The largest absolute Gasteiger partial charge is 0.307 e. The van der Waals surface area contributed by atoms with Crippen molar-refractivity contribution in [2.75, 3.05) is 0 Å². The molecule has 0 amide bonds. The van der Waals surface area contributed by atoms with Gasteiger partial charge in [0.2, 0.25) is 0 Å². The van der Waals surface area contributed by atoms with Gasteiger partial charge in [0.05, 0.1) is 32.5 Å². The lowest BCUT2D eigenvalue weighted by Gasteiger charge is -2.15. The summed E-state index contributed by atoms with van der Waals surface area (Å²) in [6.07, 6.45) is 0. The summed E-state index contributed by atoms with van der Waals surface area (Å²) in [5.74, 6) is 1.96. The SMILES string of the molecule is c1ccc(-c2ccc3c4ccccc4n(-c4cccc5c6ccc7c8cccc(-c9nc(-c%10ccccc%10)nc(-c%10ccccc%10)n9)c8sc7c6n(-c6ccccc6)c45)c3c2)cc1. The summed E-state index contributed by atoms with van der Waals surface area (Å²) in [7, 11) is 0. The molecule has 13 rings (SSSR count). The van der Waals surface area contributed by atoms with E-state index >= 15 is 0 Å². The Balaban J connectivity index is 1.11. The number of benzene rings is 9. The first-order valence-electron chi connectivity index (χ1n) is 21.2. The normalized spacial score (nSPS) is 11.8. The Hall–Kier alpha value is -8.19. The van der Waals surface area contributed by atoms with Crippen LogP contribution in [-0.2, 0) is 0 Å². The fourth-order valence-electron chi connectivity index (χ4n) is 9.54. The highest BCUT2D eigenvalue weighted by Crippen LogP contribution is 2.47. The van der Waals surface area contributed by atoms with Crippen LogP contribution in [0.2, 0.25) is 0 Å². The van der Waals surface area contributed by atoms with Crippen LogP contribution in [0.4, 0.5) is 0 Å². The molecule has 9 aromatic carbocycles. The summed E-state index contributed by atoms with van der Waals surface area (Å²) in [6.45, 7) is 0. The van der Waals surface area contributed by atoms with Crippen LogP contribution < -0.4 is 0 Å². The van der Waals surface area contributed by atoms with E-state index < -0.39 is 0 Å². The zero-order chi connectivity index (χ0) is 41.4. The first-order valence-corrected chi connectivity index (χ1v) is 22.0. The van der Waals surface area contributed by atoms with Crippen LogP contribution in [0.15, 0.2) is 212 Å². The van der Waals surface area contributed by atoms with Gasteiger partial charge in [0.15, 0.2) is 17.5 Å². The lowest BCUT2D eigenvalue weighted by molar-refractivity contribution is 1.08. The second-order valence-electron chi connectivity index (χ2n) is 16.0.